The van der Waals surface area contributed by atoms with Gasteiger partial charge in [0.25, 0.3) is 5.69 Å². The monoisotopic (exact) mass is 447 g/mol. The summed E-state index contributed by atoms with van der Waals surface area (Å²) < 4.78 is 1.34. The van der Waals surface area contributed by atoms with Crippen molar-refractivity contribution >= 4 is 56.7 Å². The maximum Gasteiger partial charge on any atom is 0.322 e. The van der Waals surface area contributed by atoms with Crippen LogP contribution in [0.1, 0.15) is 24.8 Å². The molecule has 150 valence electrons. The number of benzene rings is 2. The molecule has 1 saturated heterocycles. The lowest BCUT2D eigenvalue weighted by Gasteiger charge is -2.20. The molecule has 0 spiro atoms. The molecule has 2 heterocycles. The maximum atomic E-state index is 11.6. The summed E-state index contributed by atoms with van der Waals surface area (Å²) in [6, 6.07) is 11.8. The van der Waals surface area contributed by atoms with Crippen LogP contribution in [-0.4, -0.2) is 31.8 Å². The van der Waals surface area contributed by atoms with Gasteiger partial charge in [0.1, 0.15) is 6.04 Å². The number of hydrogen-bond acceptors (Lipinski definition) is 8. The van der Waals surface area contributed by atoms with Gasteiger partial charge in [0.2, 0.25) is 0 Å². The highest BCUT2D eigenvalue weighted by molar-refractivity contribution is 8.02. The Morgan fingerprint density at radius 3 is 2.72 bits per heavy atom. The first-order valence-corrected chi connectivity index (χ1v) is 11.2. The number of carboxylic acid groups (broad SMARTS) is 1. The molecule has 0 bridgehead atoms. The van der Waals surface area contributed by atoms with Gasteiger partial charge in [-0.05, 0) is 32.0 Å². The summed E-state index contributed by atoms with van der Waals surface area (Å²) in [6.45, 7) is 3.72. The Morgan fingerprint density at radius 1 is 1.31 bits per heavy atom. The van der Waals surface area contributed by atoms with Crippen LogP contribution in [0.4, 0.5) is 5.69 Å². The van der Waals surface area contributed by atoms with E-state index < -0.39 is 21.7 Å². The molecule has 0 amide bonds. The normalized spacial score (nSPS) is 20.8. The minimum absolute atomic E-state index is 0.0207. The summed E-state index contributed by atoms with van der Waals surface area (Å²) >= 11 is 4.46. The summed E-state index contributed by atoms with van der Waals surface area (Å²) in [4.78, 5) is 28.0. The van der Waals surface area contributed by atoms with Gasteiger partial charge in [0, 0.05) is 27.3 Å². The van der Waals surface area contributed by atoms with Crippen molar-refractivity contribution in [1.29, 1.82) is 0 Å². The standard InChI is InChI=1S/C19H17N3O4S3/c1-19(2)15(17(23)24)21-16(29-19)11-9-10(22(25)26)7-8-13(11)27-18-20-12-5-3-4-6-14(12)28-18/h3-9,15-16,21H,1-2H3,(H,23,24). The number of fused-ring (bicyclic) bond motifs is 1. The molecule has 4 rings (SSSR count). The van der Waals surface area contributed by atoms with Gasteiger partial charge >= 0.3 is 5.97 Å². The van der Waals surface area contributed by atoms with E-state index in [9.17, 15) is 20.0 Å². The van der Waals surface area contributed by atoms with Crippen LogP contribution in [0.2, 0.25) is 0 Å². The minimum Gasteiger partial charge on any atom is -0.480 e. The summed E-state index contributed by atoms with van der Waals surface area (Å²) in [5.41, 5.74) is 1.59. The lowest BCUT2D eigenvalue weighted by Crippen LogP contribution is -2.43. The number of non-ortho nitro benzene ring substituents is 1. The van der Waals surface area contributed by atoms with E-state index in [2.05, 4.69) is 10.3 Å². The van der Waals surface area contributed by atoms with Crippen molar-refractivity contribution in [2.75, 3.05) is 0 Å². The maximum absolute atomic E-state index is 11.6. The molecule has 29 heavy (non-hydrogen) atoms. The summed E-state index contributed by atoms with van der Waals surface area (Å²) in [6.07, 6.45) is 0. The quantitative estimate of drug-likeness (QED) is 0.419. The Morgan fingerprint density at radius 2 is 2.07 bits per heavy atom. The number of para-hydroxylation sites is 1. The van der Waals surface area contributed by atoms with Crippen molar-refractivity contribution in [3.8, 4) is 0 Å². The van der Waals surface area contributed by atoms with Crippen molar-refractivity contribution in [3.63, 3.8) is 0 Å². The van der Waals surface area contributed by atoms with E-state index in [1.807, 2.05) is 38.1 Å². The summed E-state index contributed by atoms with van der Waals surface area (Å²) in [5, 5.41) is 23.6. The van der Waals surface area contributed by atoms with E-state index in [-0.39, 0.29) is 11.1 Å². The molecule has 0 saturated carbocycles. The fourth-order valence-corrected chi connectivity index (χ4v) is 6.89. The van der Waals surface area contributed by atoms with E-state index in [1.165, 1.54) is 35.7 Å². The van der Waals surface area contributed by atoms with Gasteiger partial charge in [-0.25, -0.2) is 4.98 Å². The van der Waals surface area contributed by atoms with Crippen LogP contribution < -0.4 is 5.32 Å². The van der Waals surface area contributed by atoms with Crippen molar-refractivity contribution in [2.24, 2.45) is 0 Å². The number of aromatic nitrogens is 1. The molecule has 2 aromatic carbocycles. The predicted molar refractivity (Wildman–Crippen MR) is 116 cm³/mol. The fraction of sp³-hybridized carbons (Fsp3) is 0.263. The molecular weight excluding hydrogens is 430 g/mol. The van der Waals surface area contributed by atoms with E-state index in [4.69, 9.17) is 0 Å². The zero-order valence-corrected chi connectivity index (χ0v) is 17.9. The van der Waals surface area contributed by atoms with Crippen LogP contribution >= 0.6 is 34.9 Å². The number of thioether (sulfide) groups is 1. The van der Waals surface area contributed by atoms with Crippen molar-refractivity contribution in [2.45, 2.75) is 39.2 Å². The number of thiazole rings is 1. The Hall–Kier alpha value is -2.14. The summed E-state index contributed by atoms with van der Waals surface area (Å²) in [7, 11) is 0. The van der Waals surface area contributed by atoms with Crippen LogP contribution in [-0.2, 0) is 4.79 Å². The number of aliphatic carboxylic acids is 1. The van der Waals surface area contributed by atoms with Gasteiger partial charge in [-0.15, -0.1) is 23.1 Å². The SMILES string of the molecule is CC1(C)SC(c2cc([N+](=O)[O-])ccc2Sc2nc3ccccc3s2)NC1C(=O)O. The second-order valence-electron chi connectivity index (χ2n) is 7.07. The first-order chi connectivity index (χ1) is 13.7. The van der Waals surface area contributed by atoms with Gasteiger partial charge in [-0.1, -0.05) is 23.9 Å². The number of hydrogen-bond donors (Lipinski definition) is 2. The molecule has 2 N–H and O–H groups in total. The average molecular weight is 448 g/mol. The third-order valence-electron chi connectivity index (χ3n) is 4.64. The number of nitro benzene ring substituents is 1. The Labute approximate surface area is 179 Å². The smallest absolute Gasteiger partial charge is 0.322 e. The number of nitrogens with zero attached hydrogens (tertiary/aromatic N) is 2. The van der Waals surface area contributed by atoms with E-state index in [1.54, 1.807) is 17.4 Å². The number of nitrogens with one attached hydrogen (secondary N) is 1. The van der Waals surface area contributed by atoms with E-state index in [0.717, 1.165) is 19.5 Å². The lowest BCUT2D eigenvalue weighted by atomic mass is 10.0. The molecule has 1 aliphatic rings. The largest absolute Gasteiger partial charge is 0.480 e. The lowest BCUT2D eigenvalue weighted by molar-refractivity contribution is -0.385. The van der Waals surface area contributed by atoms with Gasteiger partial charge in [-0.3, -0.25) is 20.2 Å². The highest BCUT2D eigenvalue weighted by Crippen LogP contribution is 2.49. The predicted octanol–water partition coefficient (Wildman–Crippen LogP) is 4.92. The molecule has 2 atom stereocenters. The molecule has 0 aliphatic carbocycles. The van der Waals surface area contributed by atoms with E-state index >= 15 is 0 Å². The second kappa shape index (κ2) is 7.60. The average Bonchev–Trinajstić information content (AvgIpc) is 3.21. The molecule has 1 aliphatic heterocycles. The van der Waals surface area contributed by atoms with Gasteiger partial charge < -0.3 is 5.11 Å². The van der Waals surface area contributed by atoms with Crippen LogP contribution in [0.15, 0.2) is 51.7 Å². The topological polar surface area (TPSA) is 105 Å². The number of carboxylic acids is 1. The van der Waals surface area contributed by atoms with Crippen LogP contribution in [0, 0.1) is 10.1 Å². The third-order valence-corrected chi connectivity index (χ3v) is 8.30. The number of rotatable bonds is 5. The molecule has 0 radical (unpaired) electrons. The summed E-state index contributed by atoms with van der Waals surface area (Å²) in [5.74, 6) is -0.934. The molecular formula is C19H17N3O4S3. The fourth-order valence-electron chi connectivity index (χ4n) is 3.22. The highest BCUT2D eigenvalue weighted by Gasteiger charge is 2.46. The van der Waals surface area contributed by atoms with Gasteiger partial charge in [-0.2, -0.15) is 0 Å². The van der Waals surface area contributed by atoms with Crippen LogP contribution in [0.25, 0.3) is 10.2 Å². The van der Waals surface area contributed by atoms with Crippen molar-refractivity contribution in [3.05, 3.63) is 58.1 Å². The number of carbonyl (C=O) groups is 1. The van der Waals surface area contributed by atoms with Crippen LogP contribution in [0.5, 0.6) is 0 Å². The Bertz CT molecular complexity index is 1080. The first kappa shape index (κ1) is 20.1. The first-order valence-electron chi connectivity index (χ1n) is 8.73. The molecule has 7 nitrogen and oxygen atoms in total. The van der Waals surface area contributed by atoms with Crippen LogP contribution in [0.3, 0.4) is 0 Å². The Kier molecular flexibility index (Phi) is 5.28. The van der Waals surface area contributed by atoms with E-state index in [0.29, 0.717) is 5.56 Å². The molecule has 3 aromatic rings. The zero-order valence-electron chi connectivity index (χ0n) is 15.5. The van der Waals surface area contributed by atoms with Gasteiger partial charge in [0.15, 0.2) is 4.34 Å². The highest BCUT2D eigenvalue weighted by atomic mass is 32.2. The zero-order chi connectivity index (χ0) is 20.8. The van der Waals surface area contributed by atoms with Crippen molar-refractivity contribution in [1.82, 2.24) is 10.3 Å². The molecule has 1 fully saturated rings. The second-order valence-corrected chi connectivity index (χ2v) is 11.1. The molecule has 2 unspecified atom stereocenters. The minimum atomic E-state index is -0.934. The van der Waals surface area contributed by atoms with Gasteiger partial charge in [0.05, 0.1) is 20.5 Å². The Balaban J connectivity index is 1.72. The number of nitro groups is 1. The third kappa shape index (κ3) is 3.97. The molecule has 1 aromatic heterocycles. The molecule has 10 heteroatoms. The van der Waals surface area contributed by atoms with Crippen molar-refractivity contribution < 1.29 is 14.8 Å².